The summed E-state index contributed by atoms with van der Waals surface area (Å²) >= 11 is 0. The Bertz CT molecular complexity index is 1260. The summed E-state index contributed by atoms with van der Waals surface area (Å²) < 4.78 is 29.0. The molecule has 10 heteroatoms. The monoisotopic (exact) mass is 480 g/mol. The minimum atomic E-state index is -0.777. The number of nitrogens with zero attached hydrogens (tertiary/aromatic N) is 4. The molecule has 184 valence electrons. The maximum absolute atomic E-state index is 12.5. The van der Waals surface area contributed by atoms with E-state index in [-0.39, 0.29) is 24.0 Å². The molecule has 0 N–H and O–H groups in total. The Morgan fingerprint density at radius 3 is 2.37 bits per heavy atom. The van der Waals surface area contributed by atoms with E-state index in [9.17, 15) is 10.1 Å². The first-order chi connectivity index (χ1) is 16.9. The van der Waals surface area contributed by atoms with Crippen LogP contribution in [0.1, 0.15) is 36.2 Å². The molecule has 0 amide bonds. The van der Waals surface area contributed by atoms with Gasteiger partial charge in [-0.2, -0.15) is 5.26 Å². The van der Waals surface area contributed by atoms with Crippen LogP contribution in [-0.2, 0) is 22.7 Å². The average molecular weight is 481 g/mol. The van der Waals surface area contributed by atoms with Gasteiger partial charge in [0.05, 0.1) is 21.3 Å². The maximum Gasteiger partial charge on any atom is 0.349 e. The Kier molecular flexibility index (Phi) is 8.15. The highest BCUT2D eigenvalue weighted by atomic mass is 16.5. The number of carbonyl (C=O) groups excluding carboxylic acids is 1. The van der Waals surface area contributed by atoms with E-state index in [1.165, 1.54) is 27.4 Å². The lowest BCUT2D eigenvalue weighted by molar-refractivity contribution is -0.140. The van der Waals surface area contributed by atoms with Gasteiger partial charge in [-0.1, -0.05) is 6.92 Å². The molecule has 3 aromatic rings. The van der Waals surface area contributed by atoms with Gasteiger partial charge in [0.25, 0.3) is 5.89 Å². The number of aryl methyl sites for hydroxylation is 1. The van der Waals surface area contributed by atoms with Crippen molar-refractivity contribution in [1.29, 1.82) is 5.26 Å². The van der Waals surface area contributed by atoms with Crippen molar-refractivity contribution in [2.45, 2.75) is 40.3 Å². The molecule has 35 heavy (non-hydrogen) atoms. The quantitative estimate of drug-likeness (QED) is 0.238. The number of benzene rings is 1. The van der Waals surface area contributed by atoms with Crippen LogP contribution < -0.4 is 14.2 Å². The maximum atomic E-state index is 12.5. The minimum absolute atomic E-state index is 0.0699. The summed E-state index contributed by atoms with van der Waals surface area (Å²) in [6, 6.07) is 7.18. The molecule has 2 aromatic heterocycles. The zero-order valence-electron chi connectivity index (χ0n) is 20.7. The van der Waals surface area contributed by atoms with Crippen LogP contribution in [0.15, 0.2) is 28.2 Å². The van der Waals surface area contributed by atoms with E-state index >= 15 is 0 Å². The Labute approximate surface area is 203 Å². The Morgan fingerprint density at radius 1 is 1.11 bits per heavy atom. The lowest BCUT2D eigenvalue weighted by Crippen LogP contribution is -2.07. The van der Waals surface area contributed by atoms with Crippen molar-refractivity contribution in [2.24, 2.45) is 0 Å². The molecule has 0 fully saturated rings. The van der Waals surface area contributed by atoms with Crippen LogP contribution in [0.25, 0.3) is 17.5 Å². The summed E-state index contributed by atoms with van der Waals surface area (Å²) in [7, 11) is 4.51. The van der Waals surface area contributed by atoms with Crippen molar-refractivity contribution in [2.75, 3.05) is 21.3 Å². The summed E-state index contributed by atoms with van der Waals surface area (Å²) in [6.45, 7) is 6.62. The number of methoxy groups -OCH3 is 3. The highest BCUT2D eigenvalue weighted by Crippen LogP contribution is 2.40. The SMILES string of the molecule is CCCn1c(C)cc(/C=C(\C#N)C(=O)OCc2nnc(-c3cc(OC)c(OC)c(OC)c3)o2)c1C. The number of nitriles is 1. The second kappa shape index (κ2) is 11.2. The third-order valence-corrected chi connectivity index (χ3v) is 5.41. The lowest BCUT2D eigenvalue weighted by atomic mass is 10.1. The minimum Gasteiger partial charge on any atom is -0.493 e. The van der Waals surface area contributed by atoms with Crippen molar-refractivity contribution in [3.8, 4) is 34.8 Å². The smallest absolute Gasteiger partial charge is 0.349 e. The van der Waals surface area contributed by atoms with E-state index in [1.807, 2.05) is 26.0 Å². The third-order valence-electron chi connectivity index (χ3n) is 5.41. The van der Waals surface area contributed by atoms with Crippen LogP contribution >= 0.6 is 0 Å². The molecule has 0 aliphatic carbocycles. The highest BCUT2D eigenvalue weighted by Gasteiger charge is 2.19. The molecule has 3 rings (SSSR count). The molecule has 0 radical (unpaired) electrons. The summed E-state index contributed by atoms with van der Waals surface area (Å²) in [5, 5.41) is 17.4. The Hall–Kier alpha value is -4.26. The molecule has 0 aliphatic rings. The molecule has 0 bridgehead atoms. The average Bonchev–Trinajstić information content (AvgIpc) is 3.45. The standard InChI is InChI=1S/C25H28N4O6/c1-7-8-29-15(2)9-17(16(29)3)10-19(13-26)25(30)34-14-22-27-28-24(35-22)18-11-20(31-4)23(33-6)21(12-18)32-5/h9-12H,7-8,14H2,1-6H3/b19-10+. The predicted molar refractivity (Wildman–Crippen MR) is 127 cm³/mol. The van der Waals surface area contributed by atoms with E-state index in [4.69, 9.17) is 23.4 Å². The van der Waals surface area contributed by atoms with Crippen molar-refractivity contribution in [3.63, 3.8) is 0 Å². The van der Waals surface area contributed by atoms with Crippen molar-refractivity contribution < 1.29 is 28.2 Å². The van der Waals surface area contributed by atoms with E-state index in [0.717, 1.165) is 29.9 Å². The zero-order chi connectivity index (χ0) is 25.5. The molecule has 2 heterocycles. The van der Waals surface area contributed by atoms with Crippen LogP contribution in [0, 0.1) is 25.2 Å². The van der Waals surface area contributed by atoms with Crippen LogP contribution in [0.2, 0.25) is 0 Å². The topological polar surface area (TPSA) is 122 Å². The van der Waals surface area contributed by atoms with Crippen LogP contribution in [-0.4, -0.2) is 42.1 Å². The summed E-state index contributed by atoms with van der Waals surface area (Å²) in [4.78, 5) is 12.5. The molecule has 10 nitrogen and oxygen atoms in total. The van der Waals surface area contributed by atoms with Gasteiger partial charge in [-0.3, -0.25) is 0 Å². The predicted octanol–water partition coefficient (Wildman–Crippen LogP) is 4.24. The van der Waals surface area contributed by atoms with Crippen molar-refractivity contribution in [1.82, 2.24) is 14.8 Å². The van der Waals surface area contributed by atoms with Crippen molar-refractivity contribution >= 4 is 12.0 Å². The fraction of sp³-hybridized carbons (Fsp3) is 0.360. The number of aromatic nitrogens is 3. The molecule has 0 saturated heterocycles. The van der Waals surface area contributed by atoms with Gasteiger partial charge in [-0.25, -0.2) is 4.79 Å². The third kappa shape index (κ3) is 5.46. The van der Waals surface area contributed by atoms with Gasteiger partial charge < -0.3 is 27.9 Å². The van der Waals surface area contributed by atoms with Gasteiger partial charge in [0.1, 0.15) is 11.6 Å². The van der Waals surface area contributed by atoms with Gasteiger partial charge in [0.2, 0.25) is 11.6 Å². The second-order valence-corrected chi connectivity index (χ2v) is 7.64. The number of ether oxygens (including phenoxy) is 4. The van der Waals surface area contributed by atoms with E-state index in [1.54, 1.807) is 12.1 Å². The molecule has 0 atom stereocenters. The lowest BCUT2D eigenvalue weighted by Gasteiger charge is -2.12. The number of hydrogen-bond donors (Lipinski definition) is 0. The highest BCUT2D eigenvalue weighted by molar-refractivity contribution is 5.98. The van der Waals surface area contributed by atoms with Crippen LogP contribution in [0.5, 0.6) is 17.2 Å². The number of hydrogen-bond acceptors (Lipinski definition) is 9. The van der Waals surface area contributed by atoms with E-state index in [0.29, 0.717) is 22.8 Å². The van der Waals surface area contributed by atoms with Gasteiger partial charge >= 0.3 is 5.97 Å². The first kappa shape index (κ1) is 25.4. The number of rotatable bonds is 10. The first-order valence-corrected chi connectivity index (χ1v) is 10.9. The summed E-state index contributed by atoms with van der Waals surface area (Å²) in [6.07, 6.45) is 2.51. The van der Waals surface area contributed by atoms with E-state index in [2.05, 4.69) is 21.7 Å². The molecule has 0 unspecified atom stereocenters. The van der Waals surface area contributed by atoms with Gasteiger partial charge in [0, 0.05) is 23.5 Å². The Morgan fingerprint density at radius 2 is 1.80 bits per heavy atom. The van der Waals surface area contributed by atoms with Crippen LogP contribution in [0.4, 0.5) is 0 Å². The molecule has 0 aliphatic heterocycles. The second-order valence-electron chi connectivity index (χ2n) is 7.64. The van der Waals surface area contributed by atoms with Gasteiger partial charge in [0.15, 0.2) is 18.1 Å². The molecule has 0 spiro atoms. The Balaban J connectivity index is 1.75. The fourth-order valence-electron chi connectivity index (χ4n) is 3.67. The largest absolute Gasteiger partial charge is 0.493 e. The number of esters is 1. The number of carbonyl (C=O) groups is 1. The molecule has 0 saturated carbocycles. The van der Waals surface area contributed by atoms with Crippen molar-refractivity contribution in [3.05, 3.63) is 46.6 Å². The summed E-state index contributed by atoms with van der Waals surface area (Å²) in [5.74, 6) is 0.750. The molecular formula is C25H28N4O6. The normalized spacial score (nSPS) is 11.2. The van der Waals surface area contributed by atoms with Gasteiger partial charge in [-0.15, -0.1) is 10.2 Å². The fourth-order valence-corrected chi connectivity index (χ4v) is 3.67. The van der Waals surface area contributed by atoms with Gasteiger partial charge in [-0.05, 0) is 50.1 Å². The first-order valence-electron chi connectivity index (χ1n) is 10.9. The molecule has 1 aromatic carbocycles. The zero-order valence-corrected chi connectivity index (χ0v) is 20.7. The summed E-state index contributed by atoms with van der Waals surface area (Å²) in [5.41, 5.74) is 3.26. The van der Waals surface area contributed by atoms with Crippen LogP contribution in [0.3, 0.4) is 0 Å². The molecular weight excluding hydrogens is 452 g/mol. The van der Waals surface area contributed by atoms with E-state index < -0.39 is 5.97 Å².